The predicted octanol–water partition coefficient (Wildman–Crippen LogP) is 13.4. The molecule has 0 amide bonds. The summed E-state index contributed by atoms with van der Waals surface area (Å²) in [6.45, 7) is -7.12. The van der Waals surface area contributed by atoms with Gasteiger partial charge in [-0.25, -0.2) is 0 Å². The van der Waals surface area contributed by atoms with Crippen molar-refractivity contribution < 1.29 is 15.1 Å². The summed E-state index contributed by atoms with van der Waals surface area (Å²) in [6.07, 6.45) is -2.00. The van der Waals surface area contributed by atoms with Gasteiger partial charge in [-0.05, 0) is 119 Å². The molecule has 6 aromatic rings. The minimum Gasteiger partial charge on any atom is -0.0877 e. The van der Waals surface area contributed by atoms with Crippen molar-refractivity contribution in [2.75, 3.05) is 0 Å². The standard InChI is InChI=1S/C41H32S4/c1-5-27-21-23-29(26(4)39(27)31-13-11-19-37-41(31)45-35-17-9-7-15-33(35)43-37)28-22-20-24(2)38(25(28)3)30-12-10-18-36-40(30)44-34-16-8-6-14-32(34)42-36/h6-23H,5H2,1-4H3/i2D3,3D3,4D3,5D2. The van der Waals surface area contributed by atoms with E-state index in [1.165, 1.54) is 60.4 Å². The normalized spacial score (nSPS) is 17.8. The second kappa shape index (κ2) is 11.8. The van der Waals surface area contributed by atoms with E-state index in [-0.39, 0.29) is 44.5 Å². The van der Waals surface area contributed by atoms with E-state index in [1.807, 2.05) is 66.7 Å². The highest BCUT2D eigenvalue weighted by Crippen LogP contribution is 2.54. The SMILES string of the molecule is [2H]C([2H])([2H])c1ccc(-c2ccc(C([2H])([2H])C)c(-c3cccc4c3Sc3ccccc3S4)c2C([2H])([2H])[2H])c(C([2H])([2H])[2H])c1-c1cccc2c1Sc1ccccc1S2. The molecule has 0 bridgehead atoms. The van der Waals surface area contributed by atoms with E-state index in [4.69, 9.17) is 15.1 Å². The summed E-state index contributed by atoms with van der Waals surface area (Å²) in [4.78, 5) is 7.20. The van der Waals surface area contributed by atoms with Crippen molar-refractivity contribution in [2.45, 2.75) is 73.0 Å². The molecule has 0 unspecified atom stereocenters. The molecule has 4 heteroatoms. The lowest BCUT2D eigenvalue weighted by Gasteiger charge is -2.25. The van der Waals surface area contributed by atoms with E-state index >= 15 is 0 Å². The van der Waals surface area contributed by atoms with Gasteiger partial charge >= 0.3 is 0 Å². The zero-order chi connectivity index (χ0) is 39.9. The van der Waals surface area contributed by atoms with Crippen LogP contribution in [-0.2, 0) is 6.37 Å². The molecule has 0 radical (unpaired) electrons. The van der Waals surface area contributed by atoms with Gasteiger partial charge in [-0.2, -0.15) is 0 Å². The first-order valence-corrected chi connectivity index (χ1v) is 17.6. The molecule has 0 N–H and O–H groups in total. The first-order chi connectivity index (χ1) is 26.3. The van der Waals surface area contributed by atoms with E-state index < -0.39 is 26.9 Å². The Morgan fingerprint density at radius 2 is 0.956 bits per heavy atom. The average Bonchev–Trinajstić information content (AvgIpc) is 3.13. The Balaban J connectivity index is 1.47. The summed E-state index contributed by atoms with van der Waals surface area (Å²) in [5, 5.41) is 0. The quantitative estimate of drug-likeness (QED) is 0.184. The van der Waals surface area contributed by atoms with Gasteiger partial charge in [-0.3, -0.25) is 0 Å². The van der Waals surface area contributed by atoms with Gasteiger partial charge in [-0.1, -0.05) is 127 Å². The van der Waals surface area contributed by atoms with Crippen molar-refractivity contribution in [1.82, 2.24) is 0 Å². The second-order valence-corrected chi connectivity index (χ2v) is 14.9. The third kappa shape index (κ3) is 4.98. The first-order valence-electron chi connectivity index (χ1n) is 19.8. The third-order valence-electron chi connectivity index (χ3n) is 8.03. The fraction of sp³-hybridized carbons (Fsp3) is 0.122. The molecule has 0 saturated carbocycles. The van der Waals surface area contributed by atoms with Gasteiger partial charge < -0.3 is 0 Å². The minimum atomic E-state index is -2.91. The Kier molecular flexibility index (Phi) is 5.10. The maximum absolute atomic E-state index is 9.05. The molecule has 0 nitrogen and oxygen atoms in total. The Bertz CT molecular complexity index is 2370. The first kappa shape index (κ1) is 19.4. The molecule has 2 aliphatic heterocycles. The van der Waals surface area contributed by atoms with Crippen molar-refractivity contribution in [3.05, 3.63) is 131 Å². The molecule has 0 saturated heterocycles. The predicted molar refractivity (Wildman–Crippen MR) is 196 cm³/mol. The Hall–Kier alpha value is -3.28. The molecule has 2 aliphatic rings. The number of aryl methyl sites for hydroxylation is 2. The molecule has 0 atom stereocenters. The summed E-state index contributed by atoms with van der Waals surface area (Å²) < 4.78 is 98.0. The molecule has 45 heavy (non-hydrogen) atoms. The summed E-state index contributed by atoms with van der Waals surface area (Å²) in [5.74, 6) is 0. The molecule has 220 valence electrons. The molecule has 0 aliphatic carbocycles. The molecule has 2 heterocycles. The topological polar surface area (TPSA) is 0 Å². The molecular weight excluding hydrogens is 621 g/mol. The second-order valence-electron chi connectivity index (χ2n) is 10.6. The maximum atomic E-state index is 9.05. The Morgan fingerprint density at radius 1 is 0.467 bits per heavy atom. The average molecular weight is 664 g/mol. The van der Waals surface area contributed by atoms with Crippen LogP contribution in [0.3, 0.4) is 0 Å². The summed E-state index contributed by atoms with van der Waals surface area (Å²) >= 11 is 5.99. The van der Waals surface area contributed by atoms with Crippen LogP contribution in [0.5, 0.6) is 0 Å². The molecule has 8 rings (SSSR count). The fourth-order valence-corrected chi connectivity index (χ4v) is 10.7. The van der Waals surface area contributed by atoms with Crippen LogP contribution in [0.4, 0.5) is 0 Å². The highest BCUT2D eigenvalue weighted by molar-refractivity contribution is 8.05. The van der Waals surface area contributed by atoms with E-state index in [1.54, 1.807) is 36.0 Å². The lowest BCUT2D eigenvalue weighted by molar-refractivity contribution is 1.11. The number of rotatable bonds is 4. The Morgan fingerprint density at radius 3 is 1.49 bits per heavy atom. The van der Waals surface area contributed by atoms with Gasteiger partial charge in [0.05, 0.1) is 0 Å². The van der Waals surface area contributed by atoms with E-state index in [0.29, 0.717) is 16.0 Å². The highest BCUT2D eigenvalue weighted by Gasteiger charge is 2.25. The summed E-state index contributed by atoms with van der Waals surface area (Å²) in [6, 6.07) is 32.6. The number of hydrogen-bond acceptors (Lipinski definition) is 4. The fourth-order valence-electron chi connectivity index (χ4n) is 5.91. The van der Waals surface area contributed by atoms with Gasteiger partial charge in [0, 0.05) is 54.2 Å². The smallest absolute Gasteiger partial charge is 0.0341 e. The van der Waals surface area contributed by atoms with Crippen LogP contribution in [0.15, 0.2) is 148 Å². The van der Waals surface area contributed by atoms with E-state index in [9.17, 15) is 0 Å². The molecule has 6 aromatic carbocycles. The lowest BCUT2D eigenvalue weighted by atomic mass is 9.84. The van der Waals surface area contributed by atoms with Crippen LogP contribution >= 0.6 is 47.0 Å². The van der Waals surface area contributed by atoms with E-state index in [2.05, 4.69) is 0 Å². The van der Waals surface area contributed by atoms with Crippen LogP contribution in [0, 0.1) is 20.6 Å². The molecule has 0 fully saturated rings. The third-order valence-corrected chi connectivity index (χ3v) is 13.3. The minimum absolute atomic E-state index is 0.0143. The van der Waals surface area contributed by atoms with Gasteiger partial charge in [0.2, 0.25) is 0 Å². The van der Waals surface area contributed by atoms with Gasteiger partial charge in [0.15, 0.2) is 0 Å². The molecular formula is C41H32S4. The van der Waals surface area contributed by atoms with Crippen LogP contribution < -0.4 is 0 Å². The largest absolute Gasteiger partial charge is 0.0877 e. The number of hydrogen-bond donors (Lipinski definition) is 0. The van der Waals surface area contributed by atoms with Crippen LogP contribution in [-0.4, -0.2) is 0 Å². The van der Waals surface area contributed by atoms with E-state index in [0.717, 1.165) is 34.3 Å². The van der Waals surface area contributed by atoms with Gasteiger partial charge in [0.1, 0.15) is 0 Å². The molecule has 0 spiro atoms. The van der Waals surface area contributed by atoms with Crippen molar-refractivity contribution in [2.24, 2.45) is 0 Å². The zero-order valence-electron chi connectivity index (χ0n) is 35.0. The monoisotopic (exact) mass is 663 g/mol. The number of benzene rings is 6. The number of fused-ring (bicyclic) bond motifs is 4. The molecule has 0 aromatic heterocycles. The summed E-state index contributed by atoms with van der Waals surface area (Å²) in [7, 11) is 0. The van der Waals surface area contributed by atoms with Gasteiger partial charge in [0.25, 0.3) is 0 Å². The zero-order valence-corrected chi connectivity index (χ0v) is 27.3. The lowest BCUT2D eigenvalue weighted by Crippen LogP contribution is -2.01. The highest BCUT2D eigenvalue weighted by atomic mass is 32.2. The van der Waals surface area contributed by atoms with Crippen LogP contribution in [0.2, 0.25) is 0 Å². The maximum Gasteiger partial charge on any atom is 0.0341 e. The van der Waals surface area contributed by atoms with Crippen molar-refractivity contribution in [3.63, 3.8) is 0 Å². The van der Waals surface area contributed by atoms with Crippen molar-refractivity contribution >= 4 is 47.0 Å². The van der Waals surface area contributed by atoms with Crippen LogP contribution in [0.1, 0.15) is 44.3 Å². The van der Waals surface area contributed by atoms with Crippen molar-refractivity contribution in [3.8, 4) is 33.4 Å². The van der Waals surface area contributed by atoms with Gasteiger partial charge in [-0.15, -0.1) is 0 Å². The van der Waals surface area contributed by atoms with Crippen molar-refractivity contribution in [1.29, 1.82) is 0 Å². The van der Waals surface area contributed by atoms with Crippen LogP contribution in [0.25, 0.3) is 33.4 Å². The Labute approximate surface area is 298 Å². The summed E-state index contributed by atoms with van der Waals surface area (Å²) in [5.41, 5.74) is 0.743.